The van der Waals surface area contributed by atoms with Crippen LogP contribution in [0, 0.1) is 5.92 Å². The number of hydrogen-bond donors (Lipinski definition) is 2. The zero-order valence-electron chi connectivity index (χ0n) is 11.3. The van der Waals surface area contributed by atoms with Crippen LogP contribution >= 0.6 is 0 Å². The number of aliphatic hydroxyl groups is 1. The van der Waals surface area contributed by atoms with Crippen molar-refractivity contribution in [2.45, 2.75) is 25.0 Å². The van der Waals surface area contributed by atoms with Crippen molar-refractivity contribution in [2.24, 2.45) is 5.92 Å². The molecule has 0 aromatic carbocycles. The lowest BCUT2D eigenvalue weighted by Crippen LogP contribution is -2.41. The average Bonchev–Trinajstić information content (AvgIpc) is 2.76. The molecular weight excluding hydrogens is 232 g/mol. The lowest BCUT2D eigenvalue weighted by atomic mass is 9.94. The zero-order chi connectivity index (χ0) is 12.8. The summed E-state index contributed by atoms with van der Waals surface area (Å²) in [6, 6.07) is 0.639. The van der Waals surface area contributed by atoms with Crippen LogP contribution in [-0.4, -0.2) is 75.3 Å². The standard InChI is InChI=1S/C13H26N2O3/c1-17-5-6-18-10-12(16)8-15-7-11-3-2-4-14-13(11)9-15/h11-14,16H,2-10H2,1H3. The molecule has 2 aliphatic rings. The van der Waals surface area contributed by atoms with E-state index in [1.807, 2.05) is 0 Å². The molecular formula is C13H26N2O3. The lowest BCUT2D eigenvalue weighted by molar-refractivity contribution is 0.00166. The predicted octanol–water partition coefficient (Wildman–Crippen LogP) is -0.306. The Balaban J connectivity index is 1.61. The van der Waals surface area contributed by atoms with Gasteiger partial charge in [-0.2, -0.15) is 0 Å². The first-order valence-corrected chi connectivity index (χ1v) is 7.00. The zero-order valence-corrected chi connectivity index (χ0v) is 11.3. The first-order valence-electron chi connectivity index (χ1n) is 7.00. The number of ether oxygens (including phenoxy) is 2. The molecule has 0 spiro atoms. The molecule has 18 heavy (non-hydrogen) atoms. The molecule has 0 aromatic heterocycles. The highest BCUT2D eigenvalue weighted by molar-refractivity contribution is 4.92. The molecule has 0 bridgehead atoms. The summed E-state index contributed by atoms with van der Waals surface area (Å²) in [4.78, 5) is 2.36. The van der Waals surface area contributed by atoms with E-state index >= 15 is 0 Å². The van der Waals surface area contributed by atoms with E-state index in [1.54, 1.807) is 7.11 Å². The van der Waals surface area contributed by atoms with Crippen molar-refractivity contribution >= 4 is 0 Å². The Labute approximate surface area is 109 Å². The molecule has 2 fully saturated rings. The monoisotopic (exact) mass is 258 g/mol. The number of β-amino-alcohol motifs (C(OH)–C–C–N with tert-alkyl or cyclic N) is 1. The predicted molar refractivity (Wildman–Crippen MR) is 69.7 cm³/mol. The van der Waals surface area contributed by atoms with Gasteiger partial charge >= 0.3 is 0 Å². The van der Waals surface area contributed by atoms with Crippen LogP contribution in [-0.2, 0) is 9.47 Å². The number of piperidine rings is 1. The van der Waals surface area contributed by atoms with E-state index in [1.165, 1.54) is 12.8 Å². The molecule has 0 radical (unpaired) electrons. The highest BCUT2D eigenvalue weighted by atomic mass is 16.5. The van der Waals surface area contributed by atoms with Crippen LogP contribution in [0.5, 0.6) is 0 Å². The Bertz CT molecular complexity index is 226. The van der Waals surface area contributed by atoms with Crippen molar-refractivity contribution in [1.29, 1.82) is 0 Å². The van der Waals surface area contributed by atoms with Crippen molar-refractivity contribution < 1.29 is 14.6 Å². The third-order valence-electron chi connectivity index (χ3n) is 3.89. The van der Waals surface area contributed by atoms with E-state index < -0.39 is 0 Å². The molecule has 3 unspecified atom stereocenters. The molecule has 5 heteroatoms. The SMILES string of the molecule is COCCOCC(O)CN1CC2CCCNC2C1. The van der Waals surface area contributed by atoms with Gasteiger partial charge in [-0.15, -0.1) is 0 Å². The molecule has 2 rings (SSSR count). The van der Waals surface area contributed by atoms with Crippen LogP contribution in [0.3, 0.4) is 0 Å². The van der Waals surface area contributed by atoms with Crippen molar-refractivity contribution in [3.63, 3.8) is 0 Å². The summed E-state index contributed by atoms with van der Waals surface area (Å²) in [6.07, 6.45) is 2.23. The highest BCUT2D eigenvalue weighted by Gasteiger charge is 2.34. The minimum atomic E-state index is -0.387. The summed E-state index contributed by atoms with van der Waals surface area (Å²) in [7, 11) is 1.65. The quantitative estimate of drug-likeness (QED) is 0.614. The largest absolute Gasteiger partial charge is 0.389 e. The summed E-state index contributed by atoms with van der Waals surface area (Å²) in [6.45, 7) is 5.61. The molecule has 2 saturated heterocycles. The van der Waals surface area contributed by atoms with Gasteiger partial charge in [0.1, 0.15) is 0 Å². The van der Waals surface area contributed by atoms with Crippen LogP contribution in [0.2, 0.25) is 0 Å². The summed E-state index contributed by atoms with van der Waals surface area (Å²) >= 11 is 0. The fourth-order valence-electron chi connectivity index (χ4n) is 3.00. The molecule has 0 saturated carbocycles. The van der Waals surface area contributed by atoms with Crippen LogP contribution in [0.4, 0.5) is 0 Å². The number of fused-ring (bicyclic) bond motifs is 1. The Hall–Kier alpha value is -0.200. The summed E-state index contributed by atoms with van der Waals surface area (Å²) in [5.74, 6) is 0.778. The van der Waals surface area contributed by atoms with Gasteiger partial charge in [-0.1, -0.05) is 0 Å². The minimum absolute atomic E-state index is 0.387. The van der Waals surface area contributed by atoms with Crippen LogP contribution in [0.15, 0.2) is 0 Å². The Morgan fingerprint density at radius 3 is 3.06 bits per heavy atom. The Morgan fingerprint density at radius 1 is 1.39 bits per heavy atom. The Morgan fingerprint density at radius 2 is 2.28 bits per heavy atom. The molecule has 0 amide bonds. The number of hydrogen-bond acceptors (Lipinski definition) is 5. The van der Waals surface area contributed by atoms with Crippen LogP contribution in [0.25, 0.3) is 0 Å². The summed E-state index contributed by atoms with van der Waals surface area (Å²) in [5.41, 5.74) is 0. The minimum Gasteiger partial charge on any atom is -0.389 e. The maximum Gasteiger partial charge on any atom is 0.0900 e. The van der Waals surface area contributed by atoms with Gasteiger partial charge in [0.2, 0.25) is 0 Å². The normalized spacial score (nSPS) is 30.3. The second-order valence-corrected chi connectivity index (χ2v) is 5.40. The lowest BCUT2D eigenvalue weighted by Gasteiger charge is -2.24. The first-order chi connectivity index (χ1) is 8.79. The second-order valence-electron chi connectivity index (χ2n) is 5.40. The Kier molecular flexibility index (Phi) is 5.85. The summed E-state index contributed by atoms with van der Waals surface area (Å²) < 4.78 is 10.2. The molecule has 5 nitrogen and oxygen atoms in total. The van der Waals surface area contributed by atoms with E-state index in [0.717, 1.165) is 32.1 Å². The second kappa shape index (κ2) is 7.40. The highest BCUT2D eigenvalue weighted by Crippen LogP contribution is 2.24. The van der Waals surface area contributed by atoms with E-state index in [9.17, 15) is 5.11 Å². The topological polar surface area (TPSA) is 54.0 Å². The molecule has 3 atom stereocenters. The fraction of sp³-hybridized carbons (Fsp3) is 1.00. The molecule has 2 N–H and O–H groups in total. The maximum atomic E-state index is 9.91. The van der Waals surface area contributed by atoms with E-state index in [0.29, 0.717) is 25.9 Å². The van der Waals surface area contributed by atoms with Crippen molar-refractivity contribution in [2.75, 3.05) is 53.1 Å². The van der Waals surface area contributed by atoms with E-state index in [4.69, 9.17) is 9.47 Å². The average molecular weight is 258 g/mol. The van der Waals surface area contributed by atoms with Gasteiger partial charge in [0.15, 0.2) is 0 Å². The maximum absolute atomic E-state index is 9.91. The fourth-order valence-corrected chi connectivity index (χ4v) is 3.00. The van der Waals surface area contributed by atoms with E-state index in [2.05, 4.69) is 10.2 Å². The van der Waals surface area contributed by atoms with Crippen LogP contribution < -0.4 is 5.32 Å². The number of nitrogens with zero attached hydrogens (tertiary/aromatic N) is 1. The molecule has 0 aromatic rings. The third-order valence-corrected chi connectivity index (χ3v) is 3.89. The van der Waals surface area contributed by atoms with Gasteiger partial charge in [-0.3, -0.25) is 4.90 Å². The molecule has 106 valence electrons. The van der Waals surface area contributed by atoms with Gasteiger partial charge in [0.05, 0.1) is 25.9 Å². The van der Waals surface area contributed by atoms with Gasteiger partial charge < -0.3 is 19.9 Å². The van der Waals surface area contributed by atoms with Crippen molar-refractivity contribution in [3.05, 3.63) is 0 Å². The van der Waals surface area contributed by atoms with Crippen molar-refractivity contribution in [3.8, 4) is 0 Å². The van der Waals surface area contributed by atoms with Crippen LogP contribution in [0.1, 0.15) is 12.8 Å². The first kappa shape index (κ1) is 14.2. The van der Waals surface area contributed by atoms with Gasteiger partial charge in [0.25, 0.3) is 0 Å². The molecule has 2 heterocycles. The molecule has 0 aliphatic carbocycles. The van der Waals surface area contributed by atoms with Gasteiger partial charge in [0, 0.05) is 32.8 Å². The molecule has 2 aliphatic heterocycles. The van der Waals surface area contributed by atoms with Gasteiger partial charge in [-0.05, 0) is 25.3 Å². The number of nitrogens with one attached hydrogen (secondary N) is 1. The third kappa shape index (κ3) is 4.17. The number of aliphatic hydroxyl groups excluding tert-OH is 1. The van der Waals surface area contributed by atoms with Gasteiger partial charge in [-0.25, -0.2) is 0 Å². The number of rotatable bonds is 7. The summed E-state index contributed by atoms with van der Waals surface area (Å²) in [5, 5.41) is 13.5. The number of methoxy groups -OCH3 is 1. The van der Waals surface area contributed by atoms with E-state index in [-0.39, 0.29) is 6.10 Å². The number of likely N-dealkylation sites (tertiary alicyclic amines) is 1. The smallest absolute Gasteiger partial charge is 0.0900 e. The van der Waals surface area contributed by atoms with Crippen molar-refractivity contribution in [1.82, 2.24) is 10.2 Å².